The van der Waals surface area contributed by atoms with Crippen LogP contribution in [0.15, 0.2) is 60.7 Å². The molecular weight excluding hydrogens is 416 g/mol. The number of carboxylic acid groups (broad SMARTS) is 2. The van der Waals surface area contributed by atoms with E-state index in [1.807, 2.05) is 36.4 Å². The maximum atomic E-state index is 11.7. The summed E-state index contributed by atoms with van der Waals surface area (Å²) in [5.41, 5.74) is 1.65. The summed E-state index contributed by atoms with van der Waals surface area (Å²) in [4.78, 5) is 46.2. The molecule has 0 aliphatic heterocycles. The summed E-state index contributed by atoms with van der Waals surface area (Å²) in [6.07, 6.45) is -1.33. The van der Waals surface area contributed by atoms with Gasteiger partial charge in [0.15, 0.2) is 5.79 Å². The Balaban J connectivity index is 2.21. The Morgan fingerprint density at radius 1 is 0.781 bits per heavy atom. The number of aldehydes is 2. The molecule has 2 atom stereocenters. The number of carbonyl (C=O) groups excluding carboxylic acids is 2. The number of hydrogen-bond donors (Lipinski definition) is 6. The average molecular weight is 442 g/mol. The van der Waals surface area contributed by atoms with Gasteiger partial charge in [0.05, 0.1) is 18.6 Å². The first-order chi connectivity index (χ1) is 15.4. The molecule has 10 heteroatoms. The Hall–Kier alpha value is -3.76. The highest BCUT2D eigenvalue weighted by molar-refractivity contribution is 5.70. The van der Waals surface area contributed by atoms with E-state index in [0.717, 1.165) is 11.1 Å². The number of amides is 2. The fraction of sp³-hybridized carbons (Fsp3) is 0.273. The van der Waals surface area contributed by atoms with E-state index in [4.69, 9.17) is 0 Å². The number of rotatable bonds is 13. The Labute approximate surface area is 185 Å². The Kier molecular flexibility index (Phi) is 9.33. The minimum Gasteiger partial charge on any atom is -0.465 e. The monoisotopic (exact) mass is 442 g/mol. The Morgan fingerprint density at radius 3 is 1.62 bits per heavy atom. The third-order valence-corrected chi connectivity index (χ3v) is 4.63. The molecule has 0 saturated carbocycles. The van der Waals surface area contributed by atoms with E-state index in [9.17, 15) is 29.4 Å². The summed E-state index contributed by atoms with van der Waals surface area (Å²) in [5.74, 6) is -1.98. The summed E-state index contributed by atoms with van der Waals surface area (Å²) in [6.45, 7) is -0.346. The normalized spacial score (nSPS) is 12.9. The van der Waals surface area contributed by atoms with Crippen molar-refractivity contribution in [2.75, 3.05) is 6.54 Å². The highest BCUT2D eigenvalue weighted by Crippen LogP contribution is 2.07. The van der Waals surface area contributed by atoms with Crippen molar-refractivity contribution in [1.82, 2.24) is 21.3 Å². The van der Waals surface area contributed by atoms with Crippen LogP contribution in [0, 0.1) is 0 Å². The van der Waals surface area contributed by atoms with Crippen LogP contribution in [0.2, 0.25) is 0 Å². The zero-order valence-corrected chi connectivity index (χ0v) is 17.2. The number of benzene rings is 2. The molecule has 2 aromatic carbocycles. The lowest BCUT2D eigenvalue weighted by molar-refractivity contribution is -0.111. The van der Waals surface area contributed by atoms with E-state index in [2.05, 4.69) is 21.3 Å². The summed E-state index contributed by atoms with van der Waals surface area (Å²) < 4.78 is 0. The van der Waals surface area contributed by atoms with Crippen molar-refractivity contribution in [2.24, 2.45) is 0 Å². The summed E-state index contributed by atoms with van der Waals surface area (Å²) >= 11 is 0. The maximum Gasteiger partial charge on any atom is 0.407 e. The summed E-state index contributed by atoms with van der Waals surface area (Å²) in [7, 11) is 0. The maximum absolute atomic E-state index is 11.7. The lowest BCUT2D eigenvalue weighted by Crippen LogP contribution is -2.75. The van der Waals surface area contributed by atoms with Crippen molar-refractivity contribution < 1.29 is 29.4 Å². The molecule has 0 aliphatic rings. The van der Waals surface area contributed by atoms with Gasteiger partial charge in [-0.25, -0.2) is 9.59 Å². The van der Waals surface area contributed by atoms with Gasteiger partial charge in [-0.2, -0.15) is 0 Å². The van der Waals surface area contributed by atoms with Crippen LogP contribution in [0.5, 0.6) is 0 Å². The van der Waals surface area contributed by atoms with Crippen LogP contribution in [0.3, 0.4) is 0 Å². The van der Waals surface area contributed by atoms with Crippen LogP contribution in [-0.4, -0.2) is 59.4 Å². The largest absolute Gasteiger partial charge is 0.465 e. The van der Waals surface area contributed by atoms with Crippen molar-refractivity contribution in [3.63, 3.8) is 0 Å². The van der Waals surface area contributed by atoms with Crippen molar-refractivity contribution >= 4 is 24.8 Å². The molecule has 0 spiro atoms. The van der Waals surface area contributed by atoms with Gasteiger partial charge in [-0.1, -0.05) is 60.7 Å². The van der Waals surface area contributed by atoms with Crippen molar-refractivity contribution in [1.29, 1.82) is 0 Å². The van der Waals surface area contributed by atoms with E-state index < -0.39 is 30.1 Å². The van der Waals surface area contributed by atoms with Gasteiger partial charge in [0, 0.05) is 0 Å². The molecule has 6 N–H and O–H groups in total. The molecule has 10 nitrogen and oxygen atoms in total. The van der Waals surface area contributed by atoms with Gasteiger partial charge in [0.1, 0.15) is 12.6 Å². The molecular formula is C22H26N4O6. The summed E-state index contributed by atoms with van der Waals surface area (Å²) in [6, 6.07) is 16.4. The SMILES string of the molecule is O=CC(Cc1ccccc1)NCC(NC(=O)O)(NC(=O)O)N[C@H](C=O)Cc1ccccc1. The van der Waals surface area contributed by atoms with Crippen molar-refractivity contribution in [2.45, 2.75) is 30.7 Å². The smallest absolute Gasteiger partial charge is 0.407 e. The first-order valence-electron chi connectivity index (χ1n) is 9.87. The molecule has 0 fully saturated rings. The second-order valence-electron chi connectivity index (χ2n) is 7.16. The van der Waals surface area contributed by atoms with Crippen LogP contribution >= 0.6 is 0 Å². The second-order valence-corrected chi connectivity index (χ2v) is 7.16. The van der Waals surface area contributed by atoms with Gasteiger partial charge < -0.3 is 25.1 Å². The Bertz CT molecular complexity index is 878. The zero-order valence-electron chi connectivity index (χ0n) is 17.2. The van der Waals surface area contributed by atoms with Gasteiger partial charge >= 0.3 is 12.2 Å². The van der Waals surface area contributed by atoms with Crippen LogP contribution in [0.4, 0.5) is 9.59 Å². The van der Waals surface area contributed by atoms with Crippen LogP contribution < -0.4 is 21.3 Å². The molecule has 0 bridgehead atoms. The molecule has 0 aliphatic carbocycles. The van der Waals surface area contributed by atoms with E-state index >= 15 is 0 Å². The van der Waals surface area contributed by atoms with Gasteiger partial charge in [0.25, 0.3) is 0 Å². The van der Waals surface area contributed by atoms with Crippen molar-refractivity contribution in [3.05, 3.63) is 71.8 Å². The van der Waals surface area contributed by atoms with E-state index in [0.29, 0.717) is 19.0 Å². The molecule has 0 saturated heterocycles. The number of nitrogens with one attached hydrogen (secondary N) is 4. The van der Waals surface area contributed by atoms with Gasteiger partial charge in [-0.15, -0.1) is 0 Å². The minimum atomic E-state index is -1.98. The van der Waals surface area contributed by atoms with Crippen LogP contribution in [-0.2, 0) is 22.4 Å². The van der Waals surface area contributed by atoms with E-state index in [-0.39, 0.29) is 13.0 Å². The third kappa shape index (κ3) is 8.17. The van der Waals surface area contributed by atoms with E-state index in [1.165, 1.54) is 0 Å². The molecule has 1 unspecified atom stereocenters. The fourth-order valence-electron chi connectivity index (χ4n) is 3.25. The molecule has 0 heterocycles. The quantitative estimate of drug-likeness (QED) is 0.198. The van der Waals surface area contributed by atoms with Gasteiger partial charge in [-0.3, -0.25) is 16.0 Å². The number of hydrogen-bond acceptors (Lipinski definition) is 6. The topological polar surface area (TPSA) is 157 Å². The molecule has 2 rings (SSSR count). The van der Waals surface area contributed by atoms with Crippen molar-refractivity contribution in [3.8, 4) is 0 Å². The highest BCUT2D eigenvalue weighted by atomic mass is 16.4. The fourth-order valence-corrected chi connectivity index (χ4v) is 3.25. The standard InChI is InChI=1S/C22H26N4O6/c27-13-18(11-16-7-3-1-4-8-16)23-15-22(25-20(29)30,26-21(31)32)24-19(14-28)12-17-9-5-2-6-10-17/h1-10,13-14,18-19,23-26H,11-12,15H2,(H,29,30)(H,31,32)/t18?,19-/m0/s1. The first-order valence-corrected chi connectivity index (χ1v) is 9.87. The molecule has 170 valence electrons. The van der Waals surface area contributed by atoms with Gasteiger partial charge in [0.2, 0.25) is 0 Å². The van der Waals surface area contributed by atoms with E-state index in [1.54, 1.807) is 24.3 Å². The predicted molar refractivity (Wildman–Crippen MR) is 116 cm³/mol. The molecule has 32 heavy (non-hydrogen) atoms. The zero-order chi connectivity index (χ0) is 23.4. The van der Waals surface area contributed by atoms with Gasteiger partial charge in [-0.05, 0) is 24.0 Å². The Morgan fingerprint density at radius 2 is 1.22 bits per heavy atom. The molecule has 2 amide bonds. The molecule has 0 radical (unpaired) electrons. The molecule has 0 aromatic heterocycles. The number of carbonyl (C=O) groups is 4. The third-order valence-electron chi connectivity index (χ3n) is 4.63. The minimum absolute atomic E-state index is 0.190. The second kappa shape index (κ2) is 12.2. The predicted octanol–water partition coefficient (Wildman–Crippen LogP) is 0.975. The average Bonchev–Trinajstić information content (AvgIpc) is 2.76. The first kappa shape index (κ1) is 24.5. The highest BCUT2D eigenvalue weighted by Gasteiger charge is 2.36. The lowest BCUT2D eigenvalue weighted by atomic mass is 10.1. The lowest BCUT2D eigenvalue weighted by Gasteiger charge is -2.37. The summed E-state index contributed by atoms with van der Waals surface area (Å²) in [5, 5.41) is 28.4. The van der Waals surface area contributed by atoms with Crippen LogP contribution in [0.25, 0.3) is 0 Å². The van der Waals surface area contributed by atoms with Crippen LogP contribution in [0.1, 0.15) is 11.1 Å². The molecule has 2 aromatic rings.